The van der Waals surface area contributed by atoms with Gasteiger partial charge < -0.3 is 19.5 Å². The van der Waals surface area contributed by atoms with E-state index in [2.05, 4.69) is 10.6 Å². The first-order valence-corrected chi connectivity index (χ1v) is 7.43. The SMILES string of the molecule is COc1ccc(OCCC(=O)OCC(=O)NC(=O)NC(C)C)cc1. The van der Waals surface area contributed by atoms with Crippen molar-refractivity contribution in [3.63, 3.8) is 0 Å². The van der Waals surface area contributed by atoms with Crippen LogP contribution in [0.5, 0.6) is 11.5 Å². The van der Waals surface area contributed by atoms with E-state index in [4.69, 9.17) is 14.2 Å². The Bertz CT molecular complexity index is 556. The third kappa shape index (κ3) is 8.02. The van der Waals surface area contributed by atoms with Crippen molar-refractivity contribution in [3.8, 4) is 11.5 Å². The minimum atomic E-state index is -0.697. The van der Waals surface area contributed by atoms with Crippen molar-refractivity contribution in [1.82, 2.24) is 10.6 Å². The molecule has 0 aliphatic rings. The summed E-state index contributed by atoms with van der Waals surface area (Å²) in [6.45, 7) is 3.10. The number of benzene rings is 1. The second kappa shape index (κ2) is 10.1. The summed E-state index contributed by atoms with van der Waals surface area (Å²) in [4.78, 5) is 34.2. The van der Waals surface area contributed by atoms with Crippen LogP contribution in [0.3, 0.4) is 0 Å². The average molecular weight is 338 g/mol. The highest BCUT2D eigenvalue weighted by molar-refractivity contribution is 5.95. The predicted molar refractivity (Wildman–Crippen MR) is 85.9 cm³/mol. The number of hydrogen-bond donors (Lipinski definition) is 2. The largest absolute Gasteiger partial charge is 0.497 e. The normalized spacial score (nSPS) is 10.0. The topological polar surface area (TPSA) is 103 Å². The Kier molecular flexibility index (Phi) is 8.10. The van der Waals surface area contributed by atoms with E-state index < -0.39 is 24.5 Å². The average Bonchev–Trinajstić information content (AvgIpc) is 2.52. The molecule has 0 bridgehead atoms. The molecule has 3 amide bonds. The second-order valence-corrected chi connectivity index (χ2v) is 5.11. The molecule has 0 aliphatic carbocycles. The van der Waals surface area contributed by atoms with Crippen LogP contribution in [-0.4, -0.2) is 44.3 Å². The molecule has 0 atom stereocenters. The van der Waals surface area contributed by atoms with Gasteiger partial charge in [-0.1, -0.05) is 0 Å². The van der Waals surface area contributed by atoms with E-state index in [9.17, 15) is 14.4 Å². The van der Waals surface area contributed by atoms with Crippen LogP contribution in [0.4, 0.5) is 4.79 Å². The Morgan fingerprint density at radius 1 is 1.08 bits per heavy atom. The molecule has 0 heterocycles. The number of urea groups is 1. The minimum absolute atomic E-state index is 0.0164. The number of carbonyl (C=O) groups is 3. The summed E-state index contributed by atoms with van der Waals surface area (Å²) in [7, 11) is 1.56. The molecule has 8 nitrogen and oxygen atoms in total. The van der Waals surface area contributed by atoms with Gasteiger partial charge in [0.25, 0.3) is 5.91 Å². The highest BCUT2D eigenvalue weighted by atomic mass is 16.5. The van der Waals surface area contributed by atoms with Crippen molar-refractivity contribution in [3.05, 3.63) is 24.3 Å². The van der Waals surface area contributed by atoms with Gasteiger partial charge in [-0.25, -0.2) is 4.79 Å². The number of rotatable bonds is 8. The van der Waals surface area contributed by atoms with Crippen molar-refractivity contribution in [1.29, 1.82) is 0 Å². The van der Waals surface area contributed by atoms with Crippen LogP contribution >= 0.6 is 0 Å². The molecule has 0 saturated carbocycles. The van der Waals surface area contributed by atoms with Crippen molar-refractivity contribution in [2.24, 2.45) is 0 Å². The number of esters is 1. The third-order valence-corrected chi connectivity index (χ3v) is 2.67. The lowest BCUT2D eigenvalue weighted by atomic mass is 10.3. The summed E-state index contributed by atoms with van der Waals surface area (Å²) >= 11 is 0. The molecular formula is C16H22N2O6. The molecule has 0 saturated heterocycles. The van der Waals surface area contributed by atoms with Crippen molar-refractivity contribution >= 4 is 17.9 Å². The van der Waals surface area contributed by atoms with Crippen LogP contribution in [0.1, 0.15) is 20.3 Å². The van der Waals surface area contributed by atoms with E-state index in [1.165, 1.54) is 0 Å². The lowest BCUT2D eigenvalue weighted by Gasteiger charge is -2.10. The summed E-state index contributed by atoms with van der Waals surface area (Å²) in [5.74, 6) is 0.00137. The Labute approximate surface area is 140 Å². The lowest BCUT2D eigenvalue weighted by Crippen LogP contribution is -2.44. The molecule has 8 heteroatoms. The van der Waals surface area contributed by atoms with Gasteiger partial charge in [-0.3, -0.25) is 14.9 Å². The van der Waals surface area contributed by atoms with Gasteiger partial charge in [-0.15, -0.1) is 0 Å². The fourth-order valence-corrected chi connectivity index (χ4v) is 1.60. The first-order chi connectivity index (χ1) is 11.4. The number of hydrogen-bond acceptors (Lipinski definition) is 6. The molecule has 132 valence electrons. The van der Waals surface area contributed by atoms with Gasteiger partial charge in [0, 0.05) is 6.04 Å². The van der Waals surface area contributed by atoms with E-state index in [1.807, 2.05) is 0 Å². The molecule has 0 aliphatic heterocycles. The zero-order valence-electron chi connectivity index (χ0n) is 14.0. The van der Waals surface area contributed by atoms with Gasteiger partial charge >= 0.3 is 12.0 Å². The summed E-state index contributed by atoms with van der Waals surface area (Å²) in [6, 6.07) is 6.17. The summed E-state index contributed by atoms with van der Waals surface area (Å²) in [5.41, 5.74) is 0. The van der Waals surface area contributed by atoms with E-state index >= 15 is 0 Å². The quantitative estimate of drug-likeness (QED) is 0.691. The number of carbonyl (C=O) groups excluding carboxylic acids is 3. The molecule has 1 aromatic rings. The second-order valence-electron chi connectivity index (χ2n) is 5.11. The van der Waals surface area contributed by atoms with E-state index in [-0.39, 0.29) is 19.1 Å². The number of methoxy groups -OCH3 is 1. The zero-order chi connectivity index (χ0) is 17.9. The molecular weight excluding hydrogens is 316 g/mol. The number of imide groups is 1. The van der Waals surface area contributed by atoms with Crippen molar-refractivity contribution < 1.29 is 28.6 Å². The van der Waals surface area contributed by atoms with Crippen LogP contribution in [0.15, 0.2) is 24.3 Å². The Morgan fingerprint density at radius 2 is 1.71 bits per heavy atom. The third-order valence-electron chi connectivity index (χ3n) is 2.67. The summed E-state index contributed by atoms with van der Waals surface area (Å²) in [5, 5.41) is 4.53. The molecule has 0 fully saturated rings. The van der Waals surface area contributed by atoms with Gasteiger partial charge in [0.1, 0.15) is 11.5 Å². The van der Waals surface area contributed by atoms with Gasteiger partial charge in [0.2, 0.25) is 0 Å². The molecule has 0 radical (unpaired) electrons. The number of nitrogens with one attached hydrogen (secondary N) is 2. The van der Waals surface area contributed by atoms with Gasteiger partial charge in [-0.05, 0) is 38.1 Å². The molecule has 2 N–H and O–H groups in total. The van der Waals surface area contributed by atoms with E-state index in [0.717, 1.165) is 0 Å². The minimum Gasteiger partial charge on any atom is -0.497 e. The highest BCUT2D eigenvalue weighted by Gasteiger charge is 2.11. The monoisotopic (exact) mass is 338 g/mol. The van der Waals surface area contributed by atoms with E-state index in [1.54, 1.807) is 45.2 Å². The number of amides is 3. The van der Waals surface area contributed by atoms with Gasteiger partial charge in [0.05, 0.1) is 20.1 Å². The highest BCUT2D eigenvalue weighted by Crippen LogP contribution is 2.16. The Hall–Kier alpha value is -2.77. The predicted octanol–water partition coefficient (Wildman–Crippen LogP) is 1.24. The molecule has 1 aromatic carbocycles. The maximum absolute atomic E-state index is 11.5. The fraction of sp³-hybridized carbons (Fsp3) is 0.438. The summed E-state index contributed by atoms with van der Waals surface area (Å²) < 4.78 is 15.1. The van der Waals surface area contributed by atoms with Crippen LogP contribution in [0.25, 0.3) is 0 Å². The Morgan fingerprint density at radius 3 is 2.29 bits per heavy atom. The van der Waals surface area contributed by atoms with Crippen LogP contribution in [0.2, 0.25) is 0 Å². The van der Waals surface area contributed by atoms with Crippen LogP contribution < -0.4 is 20.1 Å². The van der Waals surface area contributed by atoms with Crippen LogP contribution in [0, 0.1) is 0 Å². The molecule has 0 unspecified atom stereocenters. The maximum Gasteiger partial charge on any atom is 0.321 e. The molecule has 1 rings (SSSR count). The van der Waals surface area contributed by atoms with Crippen LogP contribution in [-0.2, 0) is 14.3 Å². The van der Waals surface area contributed by atoms with Gasteiger partial charge in [-0.2, -0.15) is 0 Å². The zero-order valence-corrected chi connectivity index (χ0v) is 14.0. The molecule has 0 spiro atoms. The van der Waals surface area contributed by atoms with E-state index in [0.29, 0.717) is 11.5 Å². The molecule has 0 aromatic heterocycles. The maximum atomic E-state index is 11.5. The van der Waals surface area contributed by atoms with Crippen molar-refractivity contribution in [2.45, 2.75) is 26.3 Å². The first-order valence-electron chi connectivity index (χ1n) is 7.43. The molecule has 24 heavy (non-hydrogen) atoms. The Balaban J connectivity index is 2.19. The fourth-order valence-electron chi connectivity index (χ4n) is 1.60. The summed E-state index contributed by atoms with van der Waals surface area (Å²) in [6.07, 6.45) is -0.0164. The lowest BCUT2D eigenvalue weighted by molar-refractivity contribution is -0.148. The van der Waals surface area contributed by atoms with Gasteiger partial charge in [0.15, 0.2) is 6.61 Å². The smallest absolute Gasteiger partial charge is 0.321 e. The standard InChI is InChI=1S/C16H22N2O6/c1-11(2)17-16(21)18-14(19)10-24-15(20)8-9-23-13-6-4-12(22-3)5-7-13/h4-7,11H,8-10H2,1-3H3,(H2,17,18,19,21). The van der Waals surface area contributed by atoms with Crippen molar-refractivity contribution in [2.75, 3.05) is 20.3 Å². The first kappa shape index (κ1) is 19.3. The number of ether oxygens (including phenoxy) is 3.